The molecule has 0 unspecified atom stereocenters. The van der Waals surface area contributed by atoms with E-state index in [-0.39, 0.29) is 5.41 Å². The monoisotopic (exact) mass is 304 g/mol. The Labute approximate surface area is 135 Å². The highest BCUT2D eigenvalue weighted by atomic mass is 16.5. The van der Waals surface area contributed by atoms with Crippen LogP contribution in [0, 0.1) is 0 Å². The van der Waals surface area contributed by atoms with Crippen molar-refractivity contribution in [2.75, 3.05) is 7.11 Å². The molecule has 4 aromatic rings. The maximum Gasteiger partial charge on any atom is 0.145 e. The molecule has 2 aromatic heterocycles. The van der Waals surface area contributed by atoms with Crippen molar-refractivity contribution < 1.29 is 4.74 Å². The molecule has 0 radical (unpaired) electrons. The third kappa shape index (κ3) is 2.07. The Hall–Kier alpha value is -2.55. The third-order valence-corrected chi connectivity index (χ3v) is 4.52. The molecular weight excluding hydrogens is 284 g/mol. The van der Waals surface area contributed by atoms with Crippen LogP contribution in [-0.4, -0.2) is 16.5 Å². The van der Waals surface area contributed by atoms with Crippen LogP contribution in [0.4, 0.5) is 0 Å². The van der Waals surface area contributed by atoms with Gasteiger partial charge in [-0.25, -0.2) is 4.98 Å². The summed E-state index contributed by atoms with van der Waals surface area (Å²) in [6, 6.07) is 13.0. The summed E-state index contributed by atoms with van der Waals surface area (Å²) in [6.07, 6.45) is 3.87. The molecule has 0 saturated heterocycles. The molecule has 0 N–H and O–H groups in total. The van der Waals surface area contributed by atoms with Crippen LogP contribution < -0.4 is 4.74 Å². The summed E-state index contributed by atoms with van der Waals surface area (Å²) < 4.78 is 7.56. The average Bonchev–Trinajstić information content (AvgIpc) is 3.03. The van der Waals surface area contributed by atoms with Gasteiger partial charge in [-0.2, -0.15) is 0 Å². The fourth-order valence-electron chi connectivity index (χ4n) is 3.20. The topological polar surface area (TPSA) is 26.5 Å². The Morgan fingerprint density at radius 3 is 2.52 bits per heavy atom. The maximum atomic E-state index is 5.40. The van der Waals surface area contributed by atoms with E-state index in [0.29, 0.717) is 0 Å². The largest absolute Gasteiger partial charge is 0.497 e. The molecule has 3 nitrogen and oxygen atoms in total. The van der Waals surface area contributed by atoms with Crippen molar-refractivity contribution in [3.63, 3.8) is 0 Å². The highest BCUT2D eigenvalue weighted by Crippen LogP contribution is 2.34. The summed E-state index contributed by atoms with van der Waals surface area (Å²) in [5.74, 6) is 0.855. The highest BCUT2D eigenvalue weighted by Gasteiger charge is 2.16. The number of nitrogens with zero attached hydrogens (tertiary/aromatic N) is 2. The van der Waals surface area contributed by atoms with Gasteiger partial charge in [0.1, 0.15) is 11.4 Å². The first-order valence-corrected chi connectivity index (χ1v) is 7.86. The molecule has 2 aromatic carbocycles. The van der Waals surface area contributed by atoms with Crippen LogP contribution in [0.5, 0.6) is 5.75 Å². The molecule has 23 heavy (non-hydrogen) atoms. The summed E-state index contributed by atoms with van der Waals surface area (Å²) in [4.78, 5) is 4.55. The van der Waals surface area contributed by atoms with Crippen molar-refractivity contribution in [1.82, 2.24) is 9.38 Å². The normalized spacial score (nSPS) is 12.3. The van der Waals surface area contributed by atoms with E-state index in [1.807, 2.05) is 18.5 Å². The Bertz CT molecular complexity index is 1040. The van der Waals surface area contributed by atoms with Crippen LogP contribution in [0.2, 0.25) is 0 Å². The number of benzene rings is 2. The number of ether oxygens (including phenoxy) is 1. The zero-order valence-electron chi connectivity index (χ0n) is 13.9. The van der Waals surface area contributed by atoms with Gasteiger partial charge in [0, 0.05) is 23.2 Å². The third-order valence-electron chi connectivity index (χ3n) is 4.52. The smallest absolute Gasteiger partial charge is 0.145 e. The molecule has 0 bridgehead atoms. The molecule has 0 amide bonds. The van der Waals surface area contributed by atoms with Crippen molar-refractivity contribution in [2.45, 2.75) is 26.2 Å². The van der Waals surface area contributed by atoms with Crippen LogP contribution >= 0.6 is 0 Å². The predicted octanol–water partition coefficient (Wildman–Crippen LogP) is 4.95. The Balaban J connectivity index is 2.21. The van der Waals surface area contributed by atoms with Crippen LogP contribution in [0.3, 0.4) is 0 Å². The molecule has 0 atom stereocenters. The van der Waals surface area contributed by atoms with Crippen molar-refractivity contribution >= 4 is 27.3 Å². The van der Waals surface area contributed by atoms with Crippen molar-refractivity contribution in [1.29, 1.82) is 0 Å². The first-order valence-electron chi connectivity index (χ1n) is 7.86. The lowest BCUT2D eigenvalue weighted by molar-refractivity contribution is 0.415. The molecule has 3 heteroatoms. The fraction of sp³-hybridized carbons (Fsp3) is 0.250. The standard InChI is InChI=1S/C20H20N2O/c1-20(2,3)13-5-8-18-16(11-13)15-7-6-14(23-4)12-17(15)19-21-9-10-22(18)19/h5-12H,1-4H3. The summed E-state index contributed by atoms with van der Waals surface area (Å²) in [5, 5.41) is 3.58. The number of aromatic nitrogens is 2. The molecule has 116 valence electrons. The highest BCUT2D eigenvalue weighted by molar-refractivity contribution is 6.12. The van der Waals surface area contributed by atoms with Crippen LogP contribution in [0.15, 0.2) is 48.8 Å². The molecule has 2 heterocycles. The quantitative estimate of drug-likeness (QED) is 0.465. The average molecular weight is 304 g/mol. The minimum atomic E-state index is 0.122. The van der Waals surface area contributed by atoms with Gasteiger partial charge in [0.25, 0.3) is 0 Å². The van der Waals surface area contributed by atoms with E-state index in [4.69, 9.17) is 4.74 Å². The molecular formula is C20H20N2O. The van der Waals surface area contributed by atoms with Gasteiger partial charge >= 0.3 is 0 Å². The minimum absolute atomic E-state index is 0.122. The summed E-state index contributed by atoms with van der Waals surface area (Å²) in [5.41, 5.74) is 3.61. The zero-order chi connectivity index (χ0) is 16.2. The number of fused-ring (bicyclic) bond motifs is 6. The number of pyridine rings is 1. The zero-order valence-corrected chi connectivity index (χ0v) is 13.9. The Kier molecular flexibility index (Phi) is 2.89. The van der Waals surface area contributed by atoms with E-state index in [1.165, 1.54) is 21.9 Å². The number of hydrogen-bond donors (Lipinski definition) is 0. The predicted molar refractivity (Wildman–Crippen MR) is 95.5 cm³/mol. The van der Waals surface area contributed by atoms with E-state index in [0.717, 1.165) is 16.8 Å². The second kappa shape index (κ2) is 4.72. The molecule has 0 aliphatic rings. The Morgan fingerprint density at radius 2 is 1.78 bits per heavy atom. The van der Waals surface area contributed by atoms with Gasteiger partial charge in [0.2, 0.25) is 0 Å². The summed E-state index contributed by atoms with van der Waals surface area (Å²) >= 11 is 0. The molecule has 0 spiro atoms. The molecule has 4 rings (SSSR count). The van der Waals surface area contributed by atoms with E-state index >= 15 is 0 Å². The van der Waals surface area contributed by atoms with Crippen LogP contribution in [-0.2, 0) is 5.41 Å². The number of methoxy groups -OCH3 is 1. The van der Waals surface area contributed by atoms with E-state index in [9.17, 15) is 0 Å². The lowest BCUT2D eigenvalue weighted by Gasteiger charge is -2.20. The maximum absolute atomic E-state index is 5.40. The second-order valence-electron chi connectivity index (χ2n) is 7.01. The van der Waals surface area contributed by atoms with Crippen molar-refractivity contribution in [3.8, 4) is 5.75 Å². The molecule has 0 saturated carbocycles. The van der Waals surface area contributed by atoms with Gasteiger partial charge < -0.3 is 4.74 Å². The van der Waals surface area contributed by atoms with Gasteiger partial charge in [0.15, 0.2) is 0 Å². The van der Waals surface area contributed by atoms with Gasteiger partial charge in [-0.1, -0.05) is 26.8 Å². The first kappa shape index (κ1) is 14.1. The minimum Gasteiger partial charge on any atom is -0.497 e. The van der Waals surface area contributed by atoms with Gasteiger partial charge in [-0.15, -0.1) is 0 Å². The number of hydrogen-bond acceptors (Lipinski definition) is 2. The van der Waals surface area contributed by atoms with Gasteiger partial charge in [-0.05, 0) is 46.7 Å². The van der Waals surface area contributed by atoms with Gasteiger partial charge in [-0.3, -0.25) is 4.40 Å². The lowest BCUT2D eigenvalue weighted by Crippen LogP contribution is -2.10. The summed E-state index contributed by atoms with van der Waals surface area (Å²) in [7, 11) is 1.70. The SMILES string of the molecule is COc1ccc2c3cc(C(C)(C)C)ccc3n3ccnc3c2c1. The van der Waals surface area contributed by atoms with Gasteiger partial charge in [0.05, 0.1) is 12.6 Å². The van der Waals surface area contributed by atoms with Crippen LogP contribution in [0.25, 0.3) is 27.3 Å². The fourth-order valence-corrected chi connectivity index (χ4v) is 3.20. The number of imidazole rings is 1. The van der Waals surface area contributed by atoms with E-state index in [2.05, 4.69) is 60.5 Å². The Morgan fingerprint density at radius 1 is 0.957 bits per heavy atom. The lowest BCUT2D eigenvalue weighted by atomic mass is 9.86. The van der Waals surface area contributed by atoms with Crippen molar-refractivity contribution in [3.05, 3.63) is 54.4 Å². The van der Waals surface area contributed by atoms with Crippen LogP contribution in [0.1, 0.15) is 26.3 Å². The van der Waals surface area contributed by atoms with E-state index < -0.39 is 0 Å². The van der Waals surface area contributed by atoms with E-state index in [1.54, 1.807) is 7.11 Å². The molecule has 0 aliphatic carbocycles. The second-order valence-corrected chi connectivity index (χ2v) is 7.01. The first-order chi connectivity index (χ1) is 11.0. The molecule has 0 aliphatic heterocycles. The number of rotatable bonds is 1. The van der Waals surface area contributed by atoms with Crippen molar-refractivity contribution in [2.24, 2.45) is 0 Å². The molecule has 0 fully saturated rings. The summed E-state index contributed by atoms with van der Waals surface area (Å²) in [6.45, 7) is 6.74.